The van der Waals surface area contributed by atoms with E-state index < -0.39 is 0 Å². The predicted octanol–water partition coefficient (Wildman–Crippen LogP) is 1.29. The maximum Gasteiger partial charge on any atom is 0.133 e. The number of hydrogen-bond acceptors (Lipinski definition) is 4. The van der Waals surface area contributed by atoms with Crippen molar-refractivity contribution in [3.05, 3.63) is 17.6 Å². The monoisotopic (exact) mass is 206 g/mol. The summed E-state index contributed by atoms with van der Waals surface area (Å²) in [6.07, 6.45) is 0. The van der Waals surface area contributed by atoms with E-state index in [0.717, 1.165) is 30.4 Å². The average Bonchev–Trinajstić information content (AvgIpc) is 2.10. The minimum atomic E-state index is 0.380. The second-order valence-electron chi connectivity index (χ2n) is 4.41. The molecule has 1 fully saturated rings. The first-order valence-electron chi connectivity index (χ1n) is 5.48. The van der Waals surface area contributed by atoms with Gasteiger partial charge in [-0.1, -0.05) is 13.8 Å². The van der Waals surface area contributed by atoms with Gasteiger partial charge in [0.2, 0.25) is 0 Å². The number of aryl methyl sites for hydroxylation is 1. The van der Waals surface area contributed by atoms with Crippen molar-refractivity contribution in [1.82, 2.24) is 15.3 Å². The zero-order chi connectivity index (χ0) is 10.8. The molecule has 1 aromatic rings. The van der Waals surface area contributed by atoms with Crippen LogP contribution in [-0.2, 0) is 0 Å². The third-order valence-corrected chi connectivity index (χ3v) is 2.52. The summed E-state index contributed by atoms with van der Waals surface area (Å²) >= 11 is 0. The molecular formula is C11H18N4. The molecule has 2 N–H and O–H groups in total. The van der Waals surface area contributed by atoms with Crippen LogP contribution in [0, 0.1) is 6.92 Å². The summed E-state index contributed by atoms with van der Waals surface area (Å²) in [7, 11) is 0. The molecule has 2 rings (SSSR count). The van der Waals surface area contributed by atoms with E-state index in [2.05, 4.69) is 34.4 Å². The Labute approximate surface area is 90.5 Å². The summed E-state index contributed by atoms with van der Waals surface area (Å²) in [5.74, 6) is 2.26. The van der Waals surface area contributed by atoms with E-state index in [1.165, 1.54) is 0 Å². The largest absolute Gasteiger partial charge is 0.365 e. The number of aromatic nitrogens is 2. The van der Waals surface area contributed by atoms with Crippen molar-refractivity contribution in [2.24, 2.45) is 0 Å². The van der Waals surface area contributed by atoms with Crippen LogP contribution in [0.25, 0.3) is 0 Å². The fraction of sp³-hybridized carbons (Fsp3) is 0.636. The molecule has 4 heteroatoms. The van der Waals surface area contributed by atoms with Crippen LogP contribution in [0.5, 0.6) is 0 Å². The van der Waals surface area contributed by atoms with Crippen molar-refractivity contribution in [3.8, 4) is 0 Å². The SMILES string of the molecule is Cc1cc(NC2CNC2)nc(C(C)C)n1. The van der Waals surface area contributed by atoms with Crippen LogP contribution in [0.4, 0.5) is 5.82 Å². The highest BCUT2D eigenvalue weighted by Gasteiger charge is 2.17. The van der Waals surface area contributed by atoms with Crippen LogP contribution in [0.15, 0.2) is 6.07 Å². The molecule has 2 heterocycles. The van der Waals surface area contributed by atoms with Crippen molar-refractivity contribution in [2.45, 2.75) is 32.7 Å². The summed E-state index contributed by atoms with van der Waals surface area (Å²) in [4.78, 5) is 8.92. The Balaban J connectivity index is 2.15. The topological polar surface area (TPSA) is 49.8 Å². The van der Waals surface area contributed by atoms with E-state index in [1.807, 2.05) is 13.0 Å². The third kappa shape index (κ3) is 2.45. The molecule has 0 aliphatic carbocycles. The Morgan fingerprint density at radius 1 is 1.40 bits per heavy atom. The van der Waals surface area contributed by atoms with Crippen LogP contribution in [-0.4, -0.2) is 29.1 Å². The summed E-state index contributed by atoms with van der Waals surface area (Å²) in [6.45, 7) is 8.30. The van der Waals surface area contributed by atoms with E-state index in [-0.39, 0.29) is 0 Å². The van der Waals surface area contributed by atoms with Crippen LogP contribution in [0.2, 0.25) is 0 Å². The van der Waals surface area contributed by atoms with E-state index in [9.17, 15) is 0 Å². The van der Waals surface area contributed by atoms with E-state index in [4.69, 9.17) is 0 Å². The van der Waals surface area contributed by atoms with E-state index in [1.54, 1.807) is 0 Å². The van der Waals surface area contributed by atoms with E-state index in [0.29, 0.717) is 12.0 Å². The predicted molar refractivity (Wildman–Crippen MR) is 61.1 cm³/mol. The van der Waals surface area contributed by atoms with Gasteiger partial charge in [-0.25, -0.2) is 9.97 Å². The lowest BCUT2D eigenvalue weighted by Crippen LogP contribution is -2.51. The summed E-state index contributed by atoms with van der Waals surface area (Å²) < 4.78 is 0. The van der Waals surface area contributed by atoms with Crippen molar-refractivity contribution in [2.75, 3.05) is 18.4 Å². The van der Waals surface area contributed by atoms with Gasteiger partial charge in [-0.15, -0.1) is 0 Å². The van der Waals surface area contributed by atoms with Gasteiger partial charge >= 0.3 is 0 Å². The number of rotatable bonds is 3. The summed E-state index contributed by atoms with van der Waals surface area (Å²) in [6, 6.07) is 2.53. The van der Waals surface area contributed by atoms with Gasteiger partial charge < -0.3 is 10.6 Å². The molecule has 1 aromatic heterocycles. The van der Waals surface area contributed by atoms with Gasteiger partial charge in [0.15, 0.2) is 0 Å². The molecule has 0 amide bonds. The first-order valence-corrected chi connectivity index (χ1v) is 5.48. The molecule has 0 aromatic carbocycles. The van der Waals surface area contributed by atoms with Crippen LogP contribution >= 0.6 is 0 Å². The minimum absolute atomic E-state index is 0.380. The highest BCUT2D eigenvalue weighted by Crippen LogP contribution is 2.14. The highest BCUT2D eigenvalue weighted by molar-refractivity contribution is 5.38. The van der Waals surface area contributed by atoms with Crippen molar-refractivity contribution >= 4 is 5.82 Å². The zero-order valence-corrected chi connectivity index (χ0v) is 9.54. The van der Waals surface area contributed by atoms with Crippen molar-refractivity contribution in [1.29, 1.82) is 0 Å². The lowest BCUT2D eigenvalue weighted by molar-refractivity contribution is 0.470. The fourth-order valence-corrected chi connectivity index (χ4v) is 1.52. The van der Waals surface area contributed by atoms with Crippen molar-refractivity contribution in [3.63, 3.8) is 0 Å². The number of nitrogens with one attached hydrogen (secondary N) is 2. The quantitative estimate of drug-likeness (QED) is 0.782. The molecule has 1 aliphatic heterocycles. The maximum absolute atomic E-state index is 4.50. The molecule has 0 unspecified atom stereocenters. The van der Waals surface area contributed by atoms with Gasteiger partial charge in [0.1, 0.15) is 11.6 Å². The Kier molecular flexibility index (Phi) is 2.86. The Morgan fingerprint density at radius 2 is 2.13 bits per heavy atom. The van der Waals surface area contributed by atoms with Gasteiger partial charge in [0, 0.05) is 30.8 Å². The average molecular weight is 206 g/mol. The molecule has 0 bridgehead atoms. The minimum Gasteiger partial charge on any atom is -0.365 e. The summed E-state index contributed by atoms with van der Waals surface area (Å²) in [5.41, 5.74) is 1.03. The Hall–Kier alpha value is -1.16. The molecule has 1 saturated heterocycles. The standard InChI is InChI=1S/C11H18N4/c1-7(2)11-13-8(3)4-10(15-11)14-9-5-12-6-9/h4,7,9,12H,5-6H2,1-3H3,(H,13,14,15). The maximum atomic E-state index is 4.50. The van der Waals surface area contributed by atoms with E-state index >= 15 is 0 Å². The second kappa shape index (κ2) is 4.14. The molecule has 15 heavy (non-hydrogen) atoms. The molecule has 0 saturated carbocycles. The second-order valence-corrected chi connectivity index (χ2v) is 4.41. The number of hydrogen-bond donors (Lipinski definition) is 2. The number of anilines is 1. The molecular weight excluding hydrogens is 188 g/mol. The van der Waals surface area contributed by atoms with Crippen LogP contribution < -0.4 is 10.6 Å². The first-order chi connectivity index (χ1) is 7.15. The zero-order valence-electron chi connectivity index (χ0n) is 9.54. The molecule has 1 aliphatic rings. The molecule has 82 valence electrons. The molecule has 4 nitrogen and oxygen atoms in total. The Bertz CT molecular complexity index is 344. The van der Waals surface area contributed by atoms with Gasteiger partial charge in [-0.3, -0.25) is 0 Å². The van der Waals surface area contributed by atoms with Gasteiger partial charge in [0.25, 0.3) is 0 Å². The van der Waals surface area contributed by atoms with Gasteiger partial charge in [0.05, 0.1) is 6.04 Å². The van der Waals surface area contributed by atoms with Gasteiger partial charge in [-0.05, 0) is 6.92 Å². The Morgan fingerprint density at radius 3 is 2.67 bits per heavy atom. The van der Waals surface area contributed by atoms with Crippen LogP contribution in [0.3, 0.4) is 0 Å². The lowest BCUT2D eigenvalue weighted by atomic mass is 10.2. The van der Waals surface area contributed by atoms with Crippen LogP contribution in [0.1, 0.15) is 31.3 Å². The molecule has 0 atom stereocenters. The summed E-state index contributed by atoms with van der Waals surface area (Å²) in [5, 5.41) is 6.63. The first kappa shape index (κ1) is 10.4. The number of nitrogens with zero attached hydrogens (tertiary/aromatic N) is 2. The normalized spacial score (nSPS) is 16.5. The highest BCUT2D eigenvalue weighted by atomic mass is 15.1. The lowest BCUT2D eigenvalue weighted by Gasteiger charge is -2.28. The van der Waals surface area contributed by atoms with Gasteiger partial charge in [-0.2, -0.15) is 0 Å². The fourth-order valence-electron chi connectivity index (χ4n) is 1.52. The molecule has 0 spiro atoms. The molecule has 0 radical (unpaired) electrons. The smallest absolute Gasteiger partial charge is 0.133 e. The van der Waals surface area contributed by atoms with Crippen molar-refractivity contribution < 1.29 is 0 Å². The third-order valence-electron chi connectivity index (χ3n) is 2.52.